The number of piperidine rings is 1. The van der Waals surface area contributed by atoms with Crippen LogP contribution < -0.4 is 5.32 Å². The van der Waals surface area contributed by atoms with E-state index in [1.54, 1.807) is 0 Å². The van der Waals surface area contributed by atoms with Crippen molar-refractivity contribution in [3.63, 3.8) is 0 Å². The van der Waals surface area contributed by atoms with Gasteiger partial charge in [-0.25, -0.2) is 0 Å². The summed E-state index contributed by atoms with van der Waals surface area (Å²) in [7, 11) is 0. The normalized spacial score (nSPS) is 26.9. The van der Waals surface area contributed by atoms with Crippen molar-refractivity contribution >= 4 is 0 Å². The van der Waals surface area contributed by atoms with Crippen molar-refractivity contribution in [2.75, 3.05) is 39.3 Å². The first-order valence-corrected chi connectivity index (χ1v) is 8.10. The lowest BCUT2D eigenvalue weighted by Gasteiger charge is -2.31. The summed E-state index contributed by atoms with van der Waals surface area (Å²) in [4.78, 5) is 7.08. The second kappa shape index (κ2) is 6.42. The molecule has 1 aromatic heterocycles. The molecule has 0 aliphatic carbocycles. The van der Waals surface area contributed by atoms with E-state index < -0.39 is 0 Å². The lowest BCUT2D eigenvalue weighted by Crippen LogP contribution is -2.39. The number of hydrogen-bond acceptors (Lipinski definition) is 6. The molecule has 0 bridgehead atoms. The van der Waals surface area contributed by atoms with E-state index in [1.165, 1.54) is 0 Å². The molecule has 0 spiro atoms. The van der Waals surface area contributed by atoms with Crippen LogP contribution in [0.25, 0.3) is 0 Å². The summed E-state index contributed by atoms with van der Waals surface area (Å²) < 4.78 is 11.4. The molecule has 1 N–H and O–H groups in total. The first-order valence-electron chi connectivity index (χ1n) is 8.10. The van der Waals surface area contributed by atoms with Crippen LogP contribution in [0.2, 0.25) is 0 Å². The first-order chi connectivity index (χ1) is 10.2. The van der Waals surface area contributed by atoms with E-state index in [-0.39, 0.29) is 11.5 Å². The van der Waals surface area contributed by atoms with Gasteiger partial charge in [0.1, 0.15) is 6.10 Å². The minimum atomic E-state index is -0.0480. The van der Waals surface area contributed by atoms with Crippen molar-refractivity contribution in [3.05, 3.63) is 11.7 Å². The van der Waals surface area contributed by atoms with Crippen molar-refractivity contribution in [2.45, 2.75) is 44.6 Å². The molecule has 2 fully saturated rings. The minimum Gasteiger partial charge on any atom is -0.367 e. The molecule has 2 saturated heterocycles. The van der Waals surface area contributed by atoms with E-state index in [0.29, 0.717) is 5.82 Å². The quantitative estimate of drug-likeness (QED) is 0.908. The molecule has 1 aromatic rings. The highest BCUT2D eigenvalue weighted by molar-refractivity contribution is 5.07. The Morgan fingerprint density at radius 3 is 2.95 bits per heavy atom. The van der Waals surface area contributed by atoms with Crippen LogP contribution in [0.3, 0.4) is 0 Å². The Kier molecular flexibility index (Phi) is 4.57. The SMILES string of the molecule is CCCN1CCOC(c2noc(C3(C)CCNCC3)n2)C1. The van der Waals surface area contributed by atoms with Crippen molar-refractivity contribution in [3.8, 4) is 0 Å². The summed E-state index contributed by atoms with van der Waals surface area (Å²) in [6.07, 6.45) is 3.20. The maximum atomic E-state index is 5.84. The van der Waals surface area contributed by atoms with Gasteiger partial charge in [0.25, 0.3) is 0 Å². The van der Waals surface area contributed by atoms with E-state index in [2.05, 4.69) is 34.2 Å². The zero-order chi connectivity index (χ0) is 14.7. The number of nitrogens with one attached hydrogen (secondary N) is 1. The van der Waals surface area contributed by atoms with E-state index >= 15 is 0 Å². The van der Waals surface area contributed by atoms with Crippen molar-refractivity contribution < 1.29 is 9.26 Å². The maximum Gasteiger partial charge on any atom is 0.232 e. The van der Waals surface area contributed by atoms with Crippen LogP contribution in [0.1, 0.15) is 50.9 Å². The molecule has 1 atom stereocenters. The van der Waals surface area contributed by atoms with Gasteiger partial charge in [0, 0.05) is 18.5 Å². The molecule has 0 aromatic carbocycles. The van der Waals surface area contributed by atoms with Crippen molar-refractivity contribution in [1.82, 2.24) is 20.4 Å². The third kappa shape index (κ3) is 3.27. The molecular weight excluding hydrogens is 268 g/mol. The van der Waals surface area contributed by atoms with Crippen LogP contribution in [0, 0.1) is 0 Å². The van der Waals surface area contributed by atoms with Gasteiger partial charge in [-0.3, -0.25) is 4.90 Å². The van der Waals surface area contributed by atoms with Crippen LogP contribution >= 0.6 is 0 Å². The Morgan fingerprint density at radius 2 is 2.19 bits per heavy atom. The molecule has 6 heteroatoms. The summed E-state index contributed by atoms with van der Waals surface area (Å²) in [5, 5.41) is 7.58. The average Bonchev–Trinajstić information content (AvgIpc) is 2.99. The highest BCUT2D eigenvalue weighted by Crippen LogP contribution is 2.32. The number of aromatic nitrogens is 2. The predicted molar refractivity (Wildman–Crippen MR) is 79.2 cm³/mol. The highest BCUT2D eigenvalue weighted by Gasteiger charge is 2.36. The zero-order valence-electron chi connectivity index (χ0n) is 13.1. The summed E-state index contributed by atoms with van der Waals surface area (Å²) in [6, 6.07) is 0. The summed E-state index contributed by atoms with van der Waals surface area (Å²) in [5.41, 5.74) is 0.00821. The van der Waals surface area contributed by atoms with Gasteiger partial charge in [-0.2, -0.15) is 4.98 Å². The van der Waals surface area contributed by atoms with E-state index in [9.17, 15) is 0 Å². The topological polar surface area (TPSA) is 63.4 Å². The number of hydrogen-bond donors (Lipinski definition) is 1. The second-order valence-electron chi connectivity index (χ2n) is 6.43. The van der Waals surface area contributed by atoms with Crippen LogP contribution in [0.4, 0.5) is 0 Å². The van der Waals surface area contributed by atoms with Crippen LogP contribution in [0.5, 0.6) is 0 Å². The van der Waals surface area contributed by atoms with Crippen LogP contribution in [-0.4, -0.2) is 54.4 Å². The third-order valence-electron chi connectivity index (χ3n) is 4.64. The van der Waals surface area contributed by atoms with Crippen molar-refractivity contribution in [2.24, 2.45) is 0 Å². The molecule has 0 radical (unpaired) electrons. The summed E-state index contributed by atoms with van der Waals surface area (Å²) in [5.74, 6) is 1.49. The van der Waals surface area contributed by atoms with E-state index in [0.717, 1.165) is 64.5 Å². The lowest BCUT2D eigenvalue weighted by molar-refractivity contribution is -0.0350. The fourth-order valence-electron chi connectivity index (χ4n) is 3.18. The van der Waals surface area contributed by atoms with Crippen LogP contribution in [0.15, 0.2) is 4.52 Å². The van der Waals surface area contributed by atoms with E-state index in [4.69, 9.17) is 9.26 Å². The Labute approximate surface area is 126 Å². The van der Waals surface area contributed by atoms with Gasteiger partial charge in [0.15, 0.2) is 0 Å². The smallest absolute Gasteiger partial charge is 0.232 e. The summed E-state index contributed by atoms with van der Waals surface area (Å²) in [6.45, 7) is 10.2. The average molecular weight is 294 g/mol. The Hall–Kier alpha value is -0.980. The van der Waals surface area contributed by atoms with Crippen LogP contribution in [-0.2, 0) is 10.2 Å². The molecule has 118 valence electrons. The van der Waals surface area contributed by atoms with Gasteiger partial charge in [0.2, 0.25) is 11.7 Å². The largest absolute Gasteiger partial charge is 0.367 e. The zero-order valence-corrected chi connectivity index (χ0v) is 13.1. The number of ether oxygens (including phenoxy) is 1. The van der Waals surface area contributed by atoms with Crippen molar-refractivity contribution in [1.29, 1.82) is 0 Å². The minimum absolute atomic E-state index is 0.00821. The molecule has 6 nitrogen and oxygen atoms in total. The molecule has 3 heterocycles. The van der Waals surface area contributed by atoms with Gasteiger partial charge in [-0.15, -0.1) is 0 Å². The molecule has 3 rings (SSSR count). The Bertz CT molecular complexity index is 454. The molecule has 21 heavy (non-hydrogen) atoms. The van der Waals surface area contributed by atoms with Gasteiger partial charge in [0.05, 0.1) is 6.61 Å². The molecular formula is C15H26N4O2. The summed E-state index contributed by atoms with van der Waals surface area (Å²) >= 11 is 0. The number of rotatable bonds is 4. The first kappa shape index (κ1) is 14.9. The Morgan fingerprint density at radius 1 is 1.38 bits per heavy atom. The monoisotopic (exact) mass is 294 g/mol. The standard InChI is InChI=1S/C15H26N4O2/c1-3-8-19-9-10-20-12(11-19)13-17-14(21-18-13)15(2)4-6-16-7-5-15/h12,16H,3-11H2,1-2H3. The molecule has 2 aliphatic heterocycles. The maximum absolute atomic E-state index is 5.84. The van der Waals surface area contributed by atoms with Gasteiger partial charge < -0.3 is 14.6 Å². The molecule has 0 saturated carbocycles. The van der Waals surface area contributed by atoms with Gasteiger partial charge in [-0.05, 0) is 38.9 Å². The number of nitrogens with zero attached hydrogens (tertiary/aromatic N) is 3. The predicted octanol–water partition coefficient (Wildman–Crippen LogP) is 1.49. The molecule has 0 amide bonds. The number of morpholine rings is 1. The van der Waals surface area contributed by atoms with Gasteiger partial charge >= 0.3 is 0 Å². The fraction of sp³-hybridized carbons (Fsp3) is 0.867. The molecule has 1 unspecified atom stereocenters. The van der Waals surface area contributed by atoms with Gasteiger partial charge in [-0.1, -0.05) is 19.0 Å². The molecule has 2 aliphatic rings. The third-order valence-corrected chi connectivity index (χ3v) is 4.64. The second-order valence-corrected chi connectivity index (χ2v) is 6.43. The lowest BCUT2D eigenvalue weighted by atomic mass is 9.81. The highest BCUT2D eigenvalue weighted by atomic mass is 16.5. The van der Waals surface area contributed by atoms with E-state index in [1.807, 2.05) is 0 Å². The Balaban J connectivity index is 1.69. The fourth-order valence-corrected chi connectivity index (χ4v) is 3.18.